The van der Waals surface area contributed by atoms with Gasteiger partial charge in [0.15, 0.2) is 0 Å². The van der Waals surface area contributed by atoms with Crippen molar-refractivity contribution in [3.8, 4) is 27.9 Å². The van der Waals surface area contributed by atoms with Crippen LogP contribution in [0.4, 0.5) is 17.1 Å². The fourth-order valence-electron chi connectivity index (χ4n) is 9.60. The molecule has 2 heteroatoms. The molecule has 0 amide bonds. The summed E-state index contributed by atoms with van der Waals surface area (Å²) in [5.41, 5.74) is 11.7. The number of nitrogens with zero attached hydrogens (tertiary/aromatic N) is 2. The van der Waals surface area contributed by atoms with E-state index >= 15 is 0 Å². The van der Waals surface area contributed by atoms with E-state index in [4.69, 9.17) is 0 Å². The highest BCUT2D eigenvalue weighted by molar-refractivity contribution is 6.36. The minimum absolute atomic E-state index is 1.09. The molecule has 0 saturated carbocycles. The highest BCUT2D eigenvalue weighted by Crippen LogP contribution is 2.45. The van der Waals surface area contributed by atoms with Gasteiger partial charge < -0.3 is 9.47 Å². The second-order valence-corrected chi connectivity index (χ2v) is 15.7. The van der Waals surface area contributed by atoms with Gasteiger partial charge in [-0.2, -0.15) is 0 Å². The monoisotopic (exact) mass is 762 g/mol. The predicted molar refractivity (Wildman–Crippen MR) is 256 cm³/mol. The van der Waals surface area contributed by atoms with Gasteiger partial charge in [-0.25, -0.2) is 0 Å². The first-order chi connectivity index (χ1) is 29.8. The molecule has 12 aromatic rings. The Kier molecular flexibility index (Phi) is 7.89. The molecule has 60 heavy (non-hydrogen) atoms. The molecule has 280 valence electrons. The Morgan fingerprint density at radius 2 is 0.800 bits per heavy atom. The van der Waals surface area contributed by atoms with E-state index in [1.807, 2.05) is 0 Å². The summed E-state index contributed by atoms with van der Waals surface area (Å²) in [5.74, 6) is 0. The highest BCUT2D eigenvalue weighted by Gasteiger charge is 2.21. The molecule has 0 aliphatic rings. The van der Waals surface area contributed by atoms with Crippen molar-refractivity contribution in [1.82, 2.24) is 4.57 Å². The molecular weight excluding hydrogens is 725 g/mol. The van der Waals surface area contributed by atoms with Gasteiger partial charge in [0.05, 0.1) is 11.0 Å². The number of hydrogen-bond donors (Lipinski definition) is 0. The van der Waals surface area contributed by atoms with Gasteiger partial charge in [-0.15, -0.1) is 0 Å². The molecule has 1 aromatic heterocycles. The average molecular weight is 763 g/mol. The van der Waals surface area contributed by atoms with E-state index < -0.39 is 0 Å². The average Bonchev–Trinajstić information content (AvgIpc) is 3.68. The number of benzene rings is 11. The summed E-state index contributed by atoms with van der Waals surface area (Å²) in [5, 5.41) is 12.7. The molecule has 0 unspecified atom stereocenters. The molecule has 0 radical (unpaired) electrons. The summed E-state index contributed by atoms with van der Waals surface area (Å²) in [4.78, 5) is 2.37. The molecule has 0 spiro atoms. The van der Waals surface area contributed by atoms with Crippen LogP contribution >= 0.6 is 0 Å². The first-order valence-corrected chi connectivity index (χ1v) is 20.7. The van der Waals surface area contributed by atoms with Crippen LogP contribution in [0, 0.1) is 0 Å². The fraction of sp³-hybridized carbons (Fsp3) is 0. The molecule has 0 N–H and O–H groups in total. The Balaban J connectivity index is 1.03. The predicted octanol–water partition coefficient (Wildman–Crippen LogP) is 16.2. The summed E-state index contributed by atoms with van der Waals surface area (Å²) in [7, 11) is 0. The van der Waals surface area contributed by atoms with Crippen LogP contribution in [0.25, 0.3) is 92.8 Å². The third kappa shape index (κ3) is 5.42. The minimum atomic E-state index is 1.09. The van der Waals surface area contributed by atoms with Crippen LogP contribution in [0.3, 0.4) is 0 Å². The van der Waals surface area contributed by atoms with E-state index in [2.05, 4.69) is 240 Å². The third-order valence-electron chi connectivity index (χ3n) is 12.4. The number of para-hydroxylation sites is 1. The van der Waals surface area contributed by atoms with Gasteiger partial charge in [-0.1, -0.05) is 176 Å². The molecule has 0 saturated heterocycles. The first kappa shape index (κ1) is 34.1. The van der Waals surface area contributed by atoms with Gasteiger partial charge in [-0.05, 0) is 109 Å². The maximum atomic E-state index is 2.48. The number of hydrogen-bond acceptors (Lipinski definition) is 1. The highest BCUT2D eigenvalue weighted by atomic mass is 15.1. The van der Waals surface area contributed by atoms with Gasteiger partial charge in [-0.3, -0.25) is 0 Å². The van der Waals surface area contributed by atoms with Crippen LogP contribution in [0.15, 0.2) is 231 Å². The molecule has 12 rings (SSSR count). The molecular formula is C58H38N2. The van der Waals surface area contributed by atoms with Crippen LogP contribution in [-0.2, 0) is 0 Å². The van der Waals surface area contributed by atoms with Gasteiger partial charge >= 0.3 is 0 Å². The summed E-state index contributed by atoms with van der Waals surface area (Å²) < 4.78 is 2.48. The lowest BCUT2D eigenvalue weighted by Crippen LogP contribution is -2.10. The molecule has 0 atom stereocenters. The Hall–Kier alpha value is -7.94. The zero-order valence-electron chi connectivity index (χ0n) is 32.8. The van der Waals surface area contributed by atoms with E-state index in [-0.39, 0.29) is 0 Å². The number of anilines is 3. The zero-order valence-corrected chi connectivity index (χ0v) is 32.8. The smallest absolute Gasteiger partial charge is 0.0626 e. The van der Waals surface area contributed by atoms with Gasteiger partial charge in [0, 0.05) is 44.3 Å². The standard InChI is InChI=1S/C58H38N2/c1-2-13-39(14-3-1)40-25-30-44(31-26-40)59(45-32-27-43(28-33-45)49-23-12-17-41-15-4-6-18-48(41)49)46-34-36-47(37-35-46)60-55-24-11-10-22-54(55)57-56-50-19-7-5-16-42(50)29-38-52(56)51-20-8-9-21-53(51)58(57)60/h1-38H. The molecule has 0 aliphatic carbocycles. The Morgan fingerprint density at radius 3 is 1.52 bits per heavy atom. The van der Waals surface area contributed by atoms with Crippen LogP contribution in [0.5, 0.6) is 0 Å². The van der Waals surface area contributed by atoms with Crippen LogP contribution in [0.1, 0.15) is 0 Å². The third-order valence-corrected chi connectivity index (χ3v) is 12.4. The fourth-order valence-corrected chi connectivity index (χ4v) is 9.60. The number of fused-ring (bicyclic) bond motifs is 11. The van der Waals surface area contributed by atoms with E-state index in [0.717, 1.165) is 22.7 Å². The zero-order chi connectivity index (χ0) is 39.6. The SMILES string of the molecule is c1ccc(-c2ccc(N(c3ccc(-c4cccc5ccccc45)cc3)c3ccc(-n4c5ccccc5c5c6c7ccccc7ccc6c6ccccc6c54)cc3)cc2)cc1. The number of aromatic nitrogens is 1. The molecule has 0 fully saturated rings. The van der Waals surface area contributed by atoms with Crippen molar-refractivity contribution in [2.24, 2.45) is 0 Å². The van der Waals surface area contributed by atoms with Crippen molar-refractivity contribution < 1.29 is 0 Å². The quantitative estimate of drug-likeness (QED) is 0.153. The Labute approximate surface area is 348 Å². The van der Waals surface area contributed by atoms with Crippen molar-refractivity contribution in [3.63, 3.8) is 0 Å². The summed E-state index contributed by atoms with van der Waals surface area (Å²) >= 11 is 0. The van der Waals surface area contributed by atoms with Crippen molar-refractivity contribution >= 4 is 82.0 Å². The second kappa shape index (κ2) is 13.9. The van der Waals surface area contributed by atoms with Gasteiger partial charge in [0.25, 0.3) is 0 Å². The maximum Gasteiger partial charge on any atom is 0.0626 e. The summed E-state index contributed by atoms with van der Waals surface area (Å²) in [6, 6.07) is 84.1. The maximum absolute atomic E-state index is 2.48. The van der Waals surface area contributed by atoms with Crippen molar-refractivity contribution in [3.05, 3.63) is 231 Å². The lowest BCUT2D eigenvalue weighted by atomic mass is 9.93. The summed E-state index contributed by atoms with van der Waals surface area (Å²) in [6.45, 7) is 0. The Morgan fingerprint density at radius 1 is 0.283 bits per heavy atom. The Bertz CT molecular complexity index is 3560. The van der Waals surface area contributed by atoms with E-state index in [1.54, 1.807) is 0 Å². The van der Waals surface area contributed by atoms with E-state index in [1.165, 1.54) is 87.1 Å². The molecule has 1 heterocycles. The van der Waals surface area contributed by atoms with Gasteiger partial charge in [0.2, 0.25) is 0 Å². The van der Waals surface area contributed by atoms with Crippen molar-refractivity contribution in [2.75, 3.05) is 4.90 Å². The second-order valence-electron chi connectivity index (χ2n) is 15.7. The van der Waals surface area contributed by atoms with E-state index in [0.29, 0.717) is 0 Å². The lowest BCUT2D eigenvalue weighted by molar-refractivity contribution is 1.18. The van der Waals surface area contributed by atoms with E-state index in [9.17, 15) is 0 Å². The molecule has 2 nitrogen and oxygen atoms in total. The van der Waals surface area contributed by atoms with Gasteiger partial charge in [0.1, 0.15) is 0 Å². The lowest BCUT2D eigenvalue weighted by Gasteiger charge is -2.26. The normalized spacial score (nSPS) is 11.7. The van der Waals surface area contributed by atoms with Crippen molar-refractivity contribution in [1.29, 1.82) is 0 Å². The van der Waals surface area contributed by atoms with Crippen LogP contribution in [0.2, 0.25) is 0 Å². The largest absolute Gasteiger partial charge is 0.311 e. The minimum Gasteiger partial charge on any atom is -0.311 e. The van der Waals surface area contributed by atoms with Crippen LogP contribution < -0.4 is 4.90 Å². The topological polar surface area (TPSA) is 8.17 Å². The molecule has 11 aromatic carbocycles. The number of rotatable bonds is 6. The molecule has 0 bridgehead atoms. The van der Waals surface area contributed by atoms with Crippen LogP contribution in [-0.4, -0.2) is 4.57 Å². The first-order valence-electron chi connectivity index (χ1n) is 20.7. The summed E-state index contributed by atoms with van der Waals surface area (Å²) in [6.07, 6.45) is 0. The molecule has 0 aliphatic heterocycles. The van der Waals surface area contributed by atoms with Crippen molar-refractivity contribution in [2.45, 2.75) is 0 Å².